The SMILES string of the molecule is O=S(=O)(Nc1ccc2c(c1)CCN2)NC1CC1. The van der Waals surface area contributed by atoms with Gasteiger partial charge in [0.15, 0.2) is 0 Å². The lowest BCUT2D eigenvalue weighted by Crippen LogP contribution is -2.31. The normalized spacial score (nSPS) is 18.6. The molecule has 1 aliphatic carbocycles. The summed E-state index contributed by atoms with van der Waals surface area (Å²) in [5.41, 5.74) is 2.89. The summed E-state index contributed by atoms with van der Waals surface area (Å²) >= 11 is 0. The molecule has 0 spiro atoms. The number of hydrogen-bond donors (Lipinski definition) is 3. The van der Waals surface area contributed by atoms with Gasteiger partial charge in [-0.05, 0) is 43.0 Å². The van der Waals surface area contributed by atoms with Gasteiger partial charge in [-0.25, -0.2) is 0 Å². The van der Waals surface area contributed by atoms with Crippen molar-refractivity contribution in [2.45, 2.75) is 25.3 Å². The van der Waals surface area contributed by atoms with Crippen molar-refractivity contribution < 1.29 is 8.42 Å². The van der Waals surface area contributed by atoms with Crippen LogP contribution in [0.3, 0.4) is 0 Å². The first kappa shape index (κ1) is 10.9. The van der Waals surface area contributed by atoms with Gasteiger partial charge in [-0.2, -0.15) is 13.1 Å². The van der Waals surface area contributed by atoms with E-state index in [0.717, 1.165) is 37.1 Å². The number of nitrogens with one attached hydrogen (secondary N) is 3. The lowest BCUT2D eigenvalue weighted by molar-refractivity contribution is 0.586. The van der Waals surface area contributed by atoms with E-state index in [0.29, 0.717) is 5.69 Å². The van der Waals surface area contributed by atoms with E-state index in [1.54, 1.807) is 6.07 Å². The number of fused-ring (bicyclic) bond motifs is 1. The van der Waals surface area contributed by atoms with Crippen LogP contribution < -0.4 is 14.8 Å². The molecule has 1 aliphatic heterocycles. The molecule has 0 aromatic heterocycles. The van der Waals surface area contributed by atoms with Gasteiger partial charge in [0.2, 0.25) is 0 Å². The first-order chi connectivity index (χ1) is 8.12. The first-order valence-electron chi connectivity index (χ1n) is 5.79. The number of hydrogen-bond acceptors (Lipinski definition) is 3. The Morgan fingerprint density at radius 2 is 2.12 bits per heavy atom. The Hall–Kier alpha value is -1.27. The molecule has 6 heteroatoms. The zero-order valence-electron chi connectivity index (χ0n) is 9.36. The Morgan fingerprint density at radius 1 is 1.29 bits per heavy atom. The zero-order chi connectivity index (χ0) is 11.9. The average molecular weight is 253 g/mol. The maximum absolute atomic E-state index is 11.7. The van der Waals surface area contributed by atoms with E-state index >= 15 is 0 Å². The van der Waals surface area contributed by atoms with E-state index in [1.807, 2.05) is 12.1 Å². The molecule has 0 unspecified atom stereocenters. The Kier molecular flexibility index (Phi) is 2.48. The van der Waals surface area contributed by atoms with Crippen LogP contribution in [0.15, 0.2) is 18.2 Å². The van der Waals surface area contributed by atoms with Gasteiger partial charge < -0.3 is 5.32 Å². The molecule has 2 aliphatic rings. The Balaban J connectivity index is 1.76. The van der Waals surface area contributed by atoms with Gasteiger partial charge in [-0.15, -0.1) is 0 Å². The van der Waals surface area contributed by atoms with E-state index in [4.69, 9.17) is 0 Å². The summed E-state index contributed by atoms with van der Waals surface area (Å²) in [7, 11) is -3.41. The summed E-state index contributed by atoms with van der Waals surface area (Å²) in [5, 5.41) is 3.24. The van der Waals surface area contributed by atoms with E-state index in [1.165, 1.54) is 0 Å². The summed E-state index contributed by atoms with van der Waals surface area (Å²) in [6.45, 7) is 0.922. The van der Waals surface area contributed by atoms with Crippen molar-refractivity contribution in [2.75, 3.05) is 16.6 Å². The van der Waals surface area contributed by atoms with Gasteiger partial charge in [-0.3, -0.25) is 4.72 Å². The fourth-order valence-corrected chi connectivity index (χ4v) is 3.14. The summed E-state index contributed by atoms with van der Waals surface area (Å²) < 4.78 is 28.6. The van der Waals surface area contributed by atoms with Crippen molar-refractivity contribution in [3.8, 4) is 0 Å². The molecule has 1 heterocycles. The summed E-state index contributed by atoms with van der Waals surface area (Å²) in [4.78, 5) is 0. The molecular weight excluding hydrogens is 238 g/mol. The first-order valence-corrected chi connectivity index (χ1v) is 7.28. The molecule has 0 saturated heterocycles. The van der Waals surface area contributed by atoms with Gasteiger partial charge >= 0.3 is 0 Å². The molecular formula is C11H15N3O2S. The minimum absolute atomic E-state index is 0.128. The molecule has 5 nitrogen and oxygen atoms in total. The van der Waals surface area contributed by atoms with Crippen LogP contribution >= 0.6 is 0 Å². The third kappa shape index (κ3) is 2.53. The summed E-state index contributed by atoms with van der Waals surface area (Å²) in [6.07, 6.45) is 2.82. The van der Waals surface area contributed by atoms with Crippen molar-refractivity contribution in [1.82, 2.24) is 4.72 Å². The van der Waals surface area contributed by atoms with Gasteiger partial charge in [-0.1, -0.05) is 0 Å². The van der Waals surface area contributed by atoms with E-state index in [-0.39, 0.29) is 6.04 Å². The van der Waals surface area contributed by atoms with Crippen molar-refractivity contribution in [2.24, 2.45) is 0 Å². The Labute approximate surface area is 101 Å². The third-order valence-corrected chi connectivity index (χ3v) is 4.11. The maximum Gasteiger partial charge on any atom is 0.299 e. The fraction of sp³-hybridized carbons (Fsp3) is 0.455. The fourth-order valence-electron chi connectivity index (χ4n) is 1.97. The van der Waals surface area contributed by atoms with Gasteiger partial charge in [0.05, 0.1) is 5.69 Å². The predicted octanol–water partition coefficient (Wildman–Crippen LogP) is 1.06. The Morgan fingerprint density at radius 3 is 2.88 bits per heavy atom. The minimum atomic E-state index is -3.41. The predicted molar refractivity (Wildman–Crippen MR) is 67.3 cm³/mol. The number of benzene rings is 1. The van der Waals surface area contributed by atoms with Crippen LogP contribution in [0.5, 0.6) is 0 Å². The second-order valence-corrected chi connectivity index (χ2v) is 5.99. The molecule has 1 aromatic rings. The molecule has 1 fully saturated rings. The highest BCUT2D eigenvalue weighted by Gasteiger charge is 2.26. The molecule has 1 aromatic carbocycles. The van der Waals surface area contributed by atoms with Crippen LogP contribution in [0.1, 0.15) is 18.4 Å². The van der Waals surface area contributed by atoms with Crippen LogP contribution in [-0.2, 0) is 16.6 Å². The highest BCUT2D eigenvalue weighted by molar-refractivity contribution is 7.90. The molecule has 1 saturated carbocycles. The minimum Gasteiger partial charge on any atom is -0.384 e. The van der Waals surface area contributed by atoms with Crippen molar-refractivity contribution in [3.63, 3.8) is 0 Å². The number of anilines is 2. The smallest absolute Gasteiger partial charge is 0.299 e. The quantitative estimate of drug-likeness (QED) is 0.751. The molecule has 0 bridgehead atoms. The molecule has 17 heavy (non-hydrogen) atoms. The zero-order valence-corrected chi connectivity index (χ0v) is 10.2. The molecule has 3 N–H and O–H groups in total. The standard InChI is InChI=1S/C11H15N3O2S/c15-17(16,13-9-1-2-9)14-10-3-4-11-8(7-10)5-6-12-11/h3-4,7,9,12-14H,1-2,5-6H2. The van der Waals surface area contributed by atoms with Crippen LogP contribution in [0, 0.1) is 0 Å². The van der Waals surface area contributed by atoms with Crippen molar-refractivity contribution in [3.05, 3.63) is 23.8 Å². The Bertz CT molecular complexity index is 538. The molecule has 0 amide bonds. The maximum atomic E-state index is 11.7. The highest BCUT2D eigenvalue weighted by Crippen LogP contribution is 2.26. The molecule has 3 rings (SSSR count). The van der Waals surface area contributed by atoms with E-state index < -0.39 is 10.2 Å². The summed E-state index contributed by atoms with van der Waals surface area (Å²) in [6, 6.07) is 5.71. The van der Waals surface area contributed by atoms with Gasteiger partial charge in [0.25, 0.3) is 10.2 Å². The van der Waals surface area contributed by atoms with Crippen LogP contribution in [-0.4, -0.2) is 21.0 Å². The monoisotopic (exact) mass is 253 g/mol. The van der Waals surface area contributed by atoms with Gasteiger partial charge in [0.1, 0.15) is 0 Å². The highest BCUT2D eigenvalue weighted by atomic mass is 32.2. The van der Waals surface area contributed by atoms with Crippen LogP contribution in [0.25, 0.3) is 0 Å². The molecule has 0 radical (unpaired) electrons. The largest absolute Gasteiger partial charge is 0.384 e. The second kappa shape index (κ2) is 3.89. The van der Waals surface area contributed by atoms with E-state index in [2.05, 4.69) is 14.8 Å². The van der Waals surface area contributed by atoms with Crippen molar-refractivity contribution in [1.29, 1.82) is 0 Å². The molecule has 0 atom stereocenters. The summed E-state index contributed by atoms with van der Waals surface area (Å²) in [5.74, 6) is 0. The topological polar surface area (TPSA) is 70.2 Å². The van der Waals surface area contributed by atoms with Crippen molar-refractivity contribution >= 4 is 21.6 Å². The van der Waals surface area contributed by atoms with E-state index in [9.17, 15) is 8.42 Å². The van der Waals surface area contributed by atoms with Crippen LogP contribution in [0.2, 0.25) is 0 Å². The second-order valence-electron chi connectivity index (χ2n) is 4.55. The third-order valence-electron chi connectivity index (χ3n) is 2.97. The van der Waals surface area contributed by atoms with Gasteiger partial charge in [0, 0.05) is 18.3 Å². The number of rotatable bonds is 4. The lowest BCUT2D eigenvalue weighted by Gasteiger charge is -2.09. The molecule has 92 valence electrons. The average Bonchev–Trinajstić information content (AvgIpc) is 2.93. The lowest BCUT2D eigenvalue weighted by atomic mass is 10.1. The van der Waals surface area contributed by atoms with Crippen LogP contribution in [0.4, 0.5) is 11.4 Å².